The summed E-state index contributed by atoms with van der Waals surface area (Å²) in [6, 6.07) is 13.3. The van der Waals surface area contributed by atoms with Gasteiger partial charge in [0, 0.05) is 18.3 Å². The van der Waals surface area contributed by atoms with Crippen LogP contribution in [0.2, 0.25) is 0 Å². The van der Waals surface area contributed by atoms with Gasteiger partial charge < -0.3 is 4.90 Å². The van der Waals surface area contributed by atoms with Gasteiger partial charge in [0.25, 0.3) is 5.91 Å². The number of hydrogen-bond acceptors (Lipinski definition) is 4. The first-order valence-electron chi connectivity index (χ1n) is 7.24. The maximum atomic E-state index is 12.8. The molecule has 0 spiro atoms. The van der Waals surface area contributed by atoms with E-state index in [4.69, 9.17) is 0 Å². The number of tetrazole rings is 1. The van der Waals surface area contributed by atoms with E-state index in [-0.39, 0.29) is 5.91 Å². The van der Waals surface area contributed by atoms with Crippen molar-refractivity contribution in [2.45, 2.75) is 13.8 Å². The zero-order valence-corrected chi connectivity index (χ0v) is 13.3. The number of anilines is 1. The molecule has 0 bridgehead atoms. The van der Waals surface area contributed by atoms with Crippen molar-refractivity contribution in [1.82, 2.24) is 20.2 Å². The molecule has 23 heavy (non-hydrogen) atoms. The Morgan fingerprint density at radius 2 is 1.83 bits per heavy atom. The lowest BCUT2D eigenvalue weighted by atomic mass is 10.1. The Balaban J connectivity index is 1.92. The molecule has 6 heteroatoms. The predicted molar refractivity (Wildman–Crippen MR) is 87.8 cm³/mol. The van der Waals surface area contributed by atoms with Crippen LogP contribution in [0.4, 0.5) is 5.69 Å². The maximum Gasteiger partial charge on any atom is 0.258 e. The summed E-state index contributed by atoms with van der Waals surface area (Å²) in [6.07, 6.45) is 1.50. The lowest BCUT2D eigenvalue weighted by Crippen LogP contribution is -2.26. The molecule has 0 radical (unpaired) electrons. The van der Waals surface area contributed by atoms with E-state index in [1.807, 2.05) is 38.1 Å². The highest BCUT2D eigenvalue weighted by Crippen LogP contribution is 2.20. The summed E-state index contributed by atoms with van der Waals surface area (Å²) in [4.78, 5) is 14.4. The van der Waals surface area contributed by atoms with Crippen LogP contribution in [0.15, 0.2) is 48.8 Å². The van der Waals surface area contributed by atoms with Crippen LogP contribution in [0.3, 0.4) is 0 Å². The summed E-state index contributed by atoms with van der Waals surface area (Å²) in [5, 5.41) is 11.1. The number of hydrogen-bond donors (Lipinski definition) is 0. The highest BCUT2D eigenvalue weighted by molar-refractivity contribution is 6.06. The molecule has 0 saturated heterocycles. The third-order valence-corrected chi connectivity index (χ3v) is 3.61. The Morgan fingerprint density at radius 1 is 1.09 bits per heavy atom. The van der Waals surface area contributed by atoms with Crippen molar-refractivity contribution < 1.29 is 4.79 Å². The quantitative estimate of drug-likeness (QED) is 0.746. The van der Waals surface area contributed by atoms with E-state index in [1.54, 1.807) is 24.1 Å². The van der Waals surface area contributed by atoms with E-state index < -0.39 is 0 Å². The largest absolute Gasteiger partial charge is 0.311 e. The normalized spacial score (nSPS) is 10.6. The van der Waals surface area contributed by atoms with Crippen LogP contribution in [0, 0.1) is 13.8 Å². The van der Waals surface area contributed by atoms with Gasteiger partial charge in [0.2, 0.25) is 0 Å². The van der Waals surface area contributed by atoms with Crippen LogP contribution in [-0.2, 0) is 0 Å². The molecule has 0 saturated carbocycles. The molecule has 0 fully saturated rings. The van der Waals surface area contributed by atoms with Gasteiger partial charge in [-0.25, -0.2) is 4.68 Å². The van der Waals surface area contributed by atoms with Crippen molar-refractivity contribution in [1.29, 1.82) is 0 Å². The Kier molecular flexibility index (Phi) is 3.89. The number of carbonyl (C=O) groups is 1. The molecule has 0 atom stereocenters. The first-order chi connectivity index (χ1) is 11.0. The van der Waals surface area contributed by atoms with E-state index in [9.17, 15) is 4.79 Å². The molecule has 116 valence electrons. The molecule has 1 aromatic heterocycles. The van der Waals surface area contributed by atoms with Crippen LogP contribution >= 0.6 is 0 Å². The average Bonchev–Trinajstić information content (AvgIpc) is 3.07. The zero-order valence-electron chi connectivity index (χ0n) is 13.3. The monoisotopic (exact) mass is 307 g/mol. The molecular formula is C17H17N5O. The molecule has 2 aromatic carbocycles. The van der Waals surface area contributed by atoms with Crippen LogP contribution in [-0.4, -0.2) is 33.2 Å². The van der Waals surface area contributed by atoms with Crippen LogP contribution in [0.1, 0.15) is 21.5 Å². The van der Waals surface area contributed by atoms with Crippen molar-refractivity contribution in [3.63, 3.8) is 0 Å². The summed E-state index contributed by atoms with van der Waals surface area (Å²) in [7, 11) is 1.78. The number of benzene rings is 2. The summed E-state index contributed by atoms with van der Waals surface area (Å²) in [6.45, 7) is 4.04. The molecule has 6 nitrogen and oxygen atoms in total. The lowest BCUT2D eigenvalue weighted by molar-refractivity contribution is 0.0993. The van der Waals surface area contributed by atoms with Crippen molar-refractivity contribution in [2.24, 2.45) is 0 Å². The molecule has 0 unspecified atom stereocenters. The molecule has 0 aliphatic rings. The van der Waals surface area contributed by atoms with Gasteiger partial charge in [0.05, 0.1) is 5.69 Å². The minimum atomic E-state index is -0.0788. The number of amides is 1. The standard InChI is InChI=1S/C17H17N5O/c1-12-7-13(2)9-16(8-12)21(3)17(23)14-5-4-6-15(10-14)22-11-18-19-20-22/h4-11H,1-3H3. The Labute approximate surface area is 134 Å². The number of aryl methyl sites for hydroxylation is 2. The van der Waals surface area contributed by atoms with Crippen molar-refractivity contribution in [2.75, 3.05) is 11.9 Å². The topological polar surface area (TPSA) is 63.9 Å². The Bertz CT molecular complexity index is 822. The smallest absolute Gasteiger partial charge is 0.258 e. The Morgan fingerprint density at radius 3 is 2.48 bits per heavy atom. The minimum absolute atomic E-state index is 0.0788. The number of nitrogens with zero attached hydrogens (tertiary/aromatic N) is 5. The molecule has 1 heterocycles. The summed E-state index contributed by atoms with van der Waals surface area (Å²) >= 11 is 0. The van der Waals surface area contributed by atoms with Gasteiger partial charge in [0.1, 0.15) is 6.33 Å². The van der Waals surface area contributed by atoms with Crippen LogP contribution in [0.25, 0.3) is 5.69 Å². The van der Waals surface area contributed by atoms with Gasteiger partial charge in [-0.05, 0) is 65.7 Å². The molecule has 3 aromatic rings. The van der Waals surface area contributed by atoms with Gasteiger partial charge in [-0.15, -0.1) is 5.10 Å². The molecule has 1 amide bonds. The third-order valence-electron chi connectivity index (χ3n) is 3.61. The minimum Gasteiger partial charge on any atom is -0.311 e. The maximum absolute atomic E-state index is 12.8. The van der Waals surface area contributed by atoms with E-state index in [2.05, 4.69) is 21.6 Å². The van der Waals surface area contributed by atoms with Gasteiger partial charge in [-0.1, -0.05) is 12.1 Å². The first-order valence-corrected chi connectivity index (χ1v) is 7.24. The molecule has 0 aliphatic heterocycles. The van der Waals surface area contributed by atoms with E-state index in [0.29, 0.717) is 5.56 Å². The second-order valence-electron chi connectivity index (χ2n) is 5.51. The fourth-order valence-electron chi connectivity index (χ4n) is 2.52. The molecule has 3 rings (SSSR count). The number of aromatic nitrogens is 4. The third kappa shape index (κ3) is 3.11. The van der Waals surface area contributed by atoms with Crippen molar-refractivity contribution in [3.05, 3.63) is 65.5 Å². The zero-order chi connectivity index (χ0) is 16.4. The van der Waals surface area contributed by atoms with Gasteiger partial charge in [-0.3, -0.25) is 4.79 Å². The summed E-state index contributed by atoms with van der Waals surface area (Å²) < 4.78 is 1.52. The molecule has 0 aliphatic carbocycles. The fraction of sp³-hybridized carbons (Fsp3) is 0.176. The number of rotatable bonds is 3. The highest BCUT2D eigenvalue weighted by Gasteiger charge is 2.15. The molecular weight excluding hydrogens is 290 g/mol. The summed E-state index contributed by atoms with van der Waals surface area (Å²) in [5.74, 6) is -0.0788. The number of carbonyl (C=O) groups excluding carboxylic acids is 1. The SMILES string of the molecule is Cc1cc(C)cc(N(C)C(=O)c2cccc(-n3cnnn3)c2)c1. The second kappa shape index (κ2) is 6.00. The van der Waals surface area contributed by atoms with E-state index in [1.165, 1.54) is 11.0 Å². The lowest BCUT2D eigenvalue weighted by Gasteiger charge is -2.19. The fourth-order valence-corrected chi connectivity index (χ4v) is 2.52. The predicted octanol–water partition coefficient (Wildman–Crippen LogP) is 2.56. The summed E-state index contributed by atoms with van der Waals surface area (Å²) in [5.41, 5.74) is 4.46. The Hall–Kier alpha value is -3.02. The van der Waals surface area contributed by atoms with E-state index in [0.717, 1.165) is 22.5 Å². The first kappa shape index (κ1) is 14.9. The van der Waals surface area contributed by atoms with Crippen molar-refractivity contribution in [3.8, 4) is 5.69 Å². The van der Waals surface area contributed by atoms with Gasteiger partial charge >= 0.3 is 0 Å². The average molecular weight is 307 g/mol. The van der Waals surface area contributed by atoms with Crippen molar-refractivity contribution >= 4 is 11.6 Å². The van der Waals surface area contributed by atoms with Gasteiger partial charge in [0.15, 0.2) is 0 Å². The second-order valence-corrected chi connectivity index (χ2v) is 5.51. The van der Waals surface area contributed by atoms with Gasteiger partial charge in [-0.2, -0.15) is 0 Å². The van der Waals surface area contributed by atoms with E-state index >= 15 is 0 Å². The van der Waals surface area contributed by atoms with Crippen LogP contribution < -0.4 is 4.90 Å². The molecule has 0 N–H and O–H groups in total. The van der Waals surface area contributed by atoms with Crippen LogP contribution in [0.5, 0.6) is 0 Å². The highest BCUT2D eigenvalue weighted by atomic mass is 16.2.